The zero-order chi connectivity index (χ0) is 28.2. The van der Waals surface area contributed by atoms with Crippen LogP contribution in [0.2, 0.25) is 0 Å². The van der Waals surface area contributed by atoms with Gasteiger partial charge in [0.15, 0.2) is 0 Å². The maximum absolute atomic E-state index is 14.3. The van der Waals surface area contributed by atoms with E-state index < -0.39 is 12.1 Å². The van der Waals surface area contributed by atoms with Crippen molar-refractivity contribution < 1.29 is 27.5 Å². The standard InChI is InChI=1S/C23H19FN8.C2HF3O2/c1-14-28-15(2)32(31-14)21-5-3-20(4-6-21)29-23-25-8-7-22(30-23)17-9-16(10-19(24)11-17)18-12-26-27-13-18;3-2(4,5)1(6)7/h3-13H,1-2H3,(H,26,27)(H,25,29,30);(H,6,7). The smallest absolute Gasteiger partial charge is 0.475 e. The van der Waals surface area contributed by atoms with Crippen molar-refractivity contribution in [1.29, 1.82) is 0 Å². The van der Waals surface area contributed by atoms with Gasteiger partial charge in [-0.3, -0.25) is 5.10 Å². The molecule has 200 valence electrons. The number of aryl methyl sites for hydroxylation is 2. The highest BCUT2D eigenvalue weighted by Gasteiger charge is 2.38. The number of aromatic amines is 1. The quantitative estimate of drug-likeness (QED) is 0.258. The Labute approximate surface area is 218 Å². The van der Waals surface area contributed by atoms with Crippen molar-refractivity contribution in [3.05, 3.63) is 84.6 Å². The van der Waals surface area contributed by atoms with E-state index in [4.69, 9.17) is 9.90 Å². The molecule has 0 aliphatic heterocycles. The van der Waals surface area contributed by atoms with E-state index in [-0.39, 0.29) is 5.82 Å². The minimum absolute atomic E-state index is 0.346. The molecule has 0 aliphatic carbocycles. The lowest BCUT2D eigenvalue weighted by Gasteiger charge is -2.09. The highest BCUT2D eigenvalue weighted by atomic mass is 19.4. The molecular weight excluding hydrogens is 520 g/mol. The molecule has 0 fully saturated rings. The lowest BCUT2D eigenvalue weighted by Crippen LogP contribution is -2.21. The van der Waals surface area contributed by atoms with Crippen LogP contribution in [0.1, 0.15) is 11.6 Å². The average molecular weight is 540 g/mol. The van der Waals surface area contributed by atoms with Gasteiger partial charge in [0.2, 0.25) is 5.95 Å². The number of hydrogen-bond donors (Lipinski definition) is 3. The number of hydrogen-bond acceptors (Lipinski definition) is 7. The van der Waals surface area contributed by atoms with Gasteiger partial charge in [0.05, 0.1) is 17.6 Å². The molecule has 3 N–H and O–H groups in total. The fourth-order valence-electron chi connectivity index (χ4n) is 3.47. The molecule has 5 rings (SSSR count). The first kappa shape index (κ1) is 26.9. The van der Waals surface area contributed by atoms with Gasteiger partial charge in [0.1, 0.15) is 17.5 Å². The fourth-order valence-corrected chi connectivity index (χ4v) is 3.47. The summed E-state index contributed by atoms with van der Waals surface area (Å²) in [5.41, 5.74) is 4.51. The molecule has 0 spiro atoms. The molecule has 5 aromatic rings. The molecule has 0 aliphatic rings. The third-order valence-electron chi connectivity index (χ3n) is 5.17. The van der Waals surface area contributed by atoms with Gasteiger partial charge in [-0.1, -0.05) is 0 Å². The summed E-state index contributed by atoms with van der Waals surface area (Å²) in [4.78, 5) is 22.1. The number of nitrogens with zero attached hydrogens (tertiary/aromatic N) is 6. The molecule has 14 heteroatoms. The van der Waals surface area contributed by atoms with E-state index in [1.807, 2.05) is 44.2 Å². The number of aromatic nitrogens is 7. The SMILES string of the molecule is Cc1nc(C)n(-c2ccc(Nc3nccc(-c4cc(F)cc(-c5cn[nH]c5)c4)n3)cc2)n1.O=C(O)C(F)(F)F. The molecule has 0 bridgehead atoms. The van der Waals surface area contributed by atoms with Crippen LogP contribution in [0.25, 0.3) is 28.1 Å². The van der Waals surface area contributed by atoms with Gasteiger partial charge in [-0.2, -0.15) is 23.4 Å². The van der Waals surface area contributed by atoms with Crippen LogP contribution >= 0.6 is 0 Å². The van der Waals surface area contributed by atoms with Crippen molar-refractivity contribution in [2.45, 2.75) is 20.0 Å². The van der Waals surface area contributed by atoms with E-state index in [0.29, 0.717) is 17.2 Å². The summed E-state index contributed by atoms with van der Waals surface area (Å²) in [5.74, 6) is -1.14. The molecule has 10 nitrogen and oxygen atoms in total. The largest absolute Gasteiger partial charge is 0.490 e. The number of benzene rings is 2. The van der Waals surface area contributed by atoms with E-state index in [2.05, 4.69) is 35.6 Å². The lowest BCUT2D eigenvalue weighted by atomic mass is 10.0. The van der Waals surface area contributed by atoms with Crippen molar-refractivity contribution in [2.24, 2.45) is 0 Å². The van der Waals surface area contributed by atoms with Crippen LogP contribution in [0.3, 0.4) is 0 Å². The molecular formula is C25H20F4N8O2. The molecule has 2 aromatic carbocycles. The van der Waals surface area contributed by atoms with Crippen molar-refractivity contribution in [3.63, 3.8) is 0 Å². The Balaban J connectivity index is 0.000000448. The van der Waals surface area contributed by atoms with Gasteiger partial charge >= 0.3 is 12.1 Å². The number of carboxylic acids is 1. The van der Waals surface area contributed by atoms with E-state index >= 15 is 0 Å². The zero-order valence-corrected chi connectivity index (χ0v) is 20.4. The number of anilines is 2. The predicted octanol–water partition coefficient (Wildman–Crippen LogP) is 5.25. The first-order chi connectivity index (χ1) is 18.5. The van der Waals surface area contributed by atoms with Gasteiger partial charge in [-0.05, 0) is 67.9 Å². The predicted molar refractivity (Wildman–Crippen MR) is 133 cm³/mol. The van der Waals surface area contributed by atoms with Crippen LogP contribution < -0.4 is 5.32 Å². The highest BCUT2D eigenvalue weighted by Crippen LogP contribution is 2.27. The molecule has 0 saturated carbocycles. The second kappa shape index (κ2) is 11.1. The van der Waals surface area contributed by atoms with Crippen LogP contribution in [0.4, 0.5) is 29.2 Å². The Kier molecular flexibility index (Phi) is 7.65. The Bertz CT molecular complexity index is 1580. The van der Waals surface area contributed by atoms with Crippen molar-refractivity contribution in [1.82, 2.24) is 34.9 Å². The number of rotatable bonds is 5. The summed E-state index contributed by atoms with van der Waals surface area (Å²) >= 11 is 0. The summed E-state index contributed by atoms with van der Waals surface area (Å²) in [6, 6.07) is 14.3. The van der Waals surface area contributed by atoms with Gasteiger partial charge < -0.3 is 10.4 Å². The van der Waals surface area contributed by atoms with Crippen molar-refractivity contribution in [2.75, 3.05) is 5.32 Å². The number of nitrogens with one attached hydrogen (secondary N) is 2. The lowest BCUT2D eigenvalue weighted by molar-refractivity contribution is -0.192. The number of aliphatic carboxylic acids is 1. The molecule has 0 radical (unpaired) electrons. The Morgan fingerprint density at radius 2 is 1.69 bits per heavy atom. The fraction of sp³-hybridized carbons (Fsp3) is 0.120. The topological polar surface area (TPSA) is 134 Å². The van der Waals surface area contributed by atoms with Crippen molar-refractivity contribution in [3.8, 4) is 28.1 Å². The average Bonchev–Trinajstić information content (AvgIpc) is 3.54. The second-order valence-corrected chi connectivity index (χ2v) is 8.07. The van der Waals surface area contributed by atoms with Gasteiger partial charge in [0, 0.05) is 29.2 Å². The number of H-pyrrole nitrogens is 1. The number of carboxylic acid groups (broad SMARTS) is 1. The van der Waals surface area contributed by atoms with E-state index in [1.54, 1.807) is 29.3 Å². The Morgan fingerprint density at radius 3 is 2.28 bits per heavy atom. The molecule has 3 heterocycles. The van der Waals surface area contributed by atoms with E-state index in [0.717, 1.165) is 34.2 Å². The Hall–Kier alpha value is -5.14. The second-order valence-electron chi connectivity index (χ2n) is 8.07. The maximum Gasteiger partial charge on any atom is 0.490 e. The molecule has 0 unspecified atom stereocenters. The normalized spacial score (nSPS) is 11.0. The summed E-state index contributed by atoms with van der Waals surface area (Å²) < 4.78 is 47.8. The van der Waals surface area contributed by atoms with E-state index in [1.165, 1.54) is 12.1 Å². The third-order valence-corrected chi connectivity index (χ3v) is 5.17. The summed E-state index contributed by atoms with van der Waals surface area (Å²) in [6.07, 6.45) is -0.0718. The van der Waals surface area contributed by atoms with Crippen LogP contribution in [-0.2, 0) is 4.79 Å². The van der Waals surface area contributed by atoms with Crippen LogP contribution in [0.15, 0.2) is 67.1 Å². The van der Waals surface area contributed by atoms with E-state index in [9.17, 15) is 17.6 Å². The summed E-state index contributed by atoms with van der Waals surface area (Å²) in [6.45, 7) is 3.77. The monoisotopic (exact) mass is 540 g/mol. The molecule has 0 amide bonds. The molecule has 0 saturated heterocycles. The number of carbonyl (C=O) groups is 1. The minimum atomic E-state index is -5.08. The molecule has 3 aromatic heterocycles. The number of alkyl halides is 3. The summed E-state index contributed by atoms with van der Waals surface area (Å²) in [5, 5.41) is 21.4. The van der Waals surface area contributed by atoms with Gasteiger partial charge in [-0.15, -0.1) is 0 Å². The minimum Gasteiger partial charge on any atom is -0.475 e. The summed E-state index contributed by atoms with van der Waals surface area (Å²) in [7, 11) is 0. The third kappa shape index (κ3) is 6.80. The molecule has 0 atom stereocenters. The van der Waals surface area contributed by atoms with Crippen LogP contribution in [-0.4, -0.2) is 52.2 Å². The van der Waals surface area contributed by atoms with Crippen molar-refractivity contribution >= 4 is 17.6 Å². The maximum atomic E-state index is 14.3. The zero-order valence-electron chi connectivity index (χ0n) is 20.4. The van der Waals surface area contributed by atoms with Crippen LogP contribution in [0, 0.1) is 19.7 Å². The first-order valence-corrected chi connectivity index (χ1v) is 11.2. The molecule has 39 heavy (non-hydrogen) atoms. The van der Waals surface area contributed by atoms with Gasteiger partial charge in [0.25, 0.3) is 0 Å². The highest BCUT2D eigenvalue weighted by molar-refractivity contribution is 5.73. The van der Waals surface area contributed by atoms with Gasteiger partial charge in [-0.25, -0.2) is 28.8 Å². The first-order valence-electron chi connectivity index (χ1n) is 11.2. The van der Waals surface area contributed by atoms with Crippen LogP contribution in [0.5, 0.6) is 0 Å². The Morgan fingerprint density at radius 1 is 1.00 bits per heavy atom. The number of halogens is 4.